The van der Waals surface area contributed by atoms with Crippen LogP contribution in [0.5, 0.6) is 0 Å². The van der Waals surface area contributed by atoms with Crippen molar-refractivity contribution in [3.63, 3.8) is 0 Å². The molecular formula is C18H22N6. The topological polar surface area (TPSA) is 66.6 Å². The van der Waals surface area contributed by atoms with Crippen LogP contribution in [0.4, 0.5) is 0 Å². The Labute approximate surface area is 141 Å². The van der Waals surface area contributed by atoms with Gasteiger partial charge in [-0.3, -0.25) is 4.40 Å². The van der Waals surface area contributed by atoms with Gasteiger partial charge >= 0.3 is 0 Å². The fourth-order valence-corrected chi connectivity index (χ4v) is 2.38. The van der Waals surface area contributed by atoms with Crippen LogP contribution in [-0.2, 0) is 13.1 Å². The van der Waals surface area contributed by atoms with E-state index in [9.17, 15) is 0 Å². The molecular weight excluding hydrogens is 300 g/mol. The Balaban J connectivity index is 1.67. The highest BCUT2D eigenvalue weighted by Crippen LogP contribution is 2.05. The Bertz CT molecular complexity index is 819. The molecule has 0 radical (unpaired) electrons. The molecule has 0 aliphatic rings. The van der Waals surface area contributed by atoms with Gasteiger partial charge in [0.1, 0.15) is 0 Å². The molecule has 0 saturated carbocycles. The van der Waals surface area contributed by atoms with Gasteiger partial charge in [0, 0.05) is 12.7 Å². The van der Waals surface area contributed by atoms with E-state index in [1.165, 1.54) is 11.1 Å². The first kappa shape index (κ1) is 16.0. The minimum Gasteiger partial charge on any atom is -0.357 e. The number of aryl methyl sites for hydroxylation is 1. The Kier molecular flexibility index (Phi) is 5.05. The second-order valence-electron chi connectivity index (χ2n) is 5.58. The van der Waals surface area contributed by atoms with Crippen molar-refractivity contribution in [2.45, 2.75) is 26.9 Å². The third-order valence-electron chi connectivity index (χ3n) is 3.68. The van der Waals surface area contributed by atoms with E-state index in [4.69, 9.17) is 0 Å². The van der Waals surface area contributed by atoms with Gasteiger partial charge in [0.2, 0.25) is 0 Å². The maximum Gasteiger partial charge on any atom is 0.191 e. The number of benzene rings is 1. The zero-order valence-corrected chi connectivity index (χ0v) is 14.0. The van der Waals surface area contributed by atoms with E-state index in [0.717, 1.165) is 24.0 Å². The Morgan fingerprint density at radius 1 is 1.08 bits per heavy atom. The van der Waals surface area contributed by atoms with E-state index in [2.05, 4.69) is 63.9 Å². The molecule has 0 aliphatic carbocycles. The van der Waals surface area contributed by atoms with Crippen molar-refractivity contribution in [3.05, 3.63) is 65.6 Å². The van der Waals surface area contributed by atoms with Gasteiger partial charge in [-0.25, -0.2) is 4.99 Å². The molecule has 0 spiro atoms. The molecule has 0 unspecified atom stereocenters. The number of guanidine groups is 1. The summed E-state index contributed by atoms with van der Waals surface area (Å²) in [5.74, 6) is 1.62. The molecule has 0 aliphatic heterocycles. The molecule has 3 rings (SSSR count). The van der Waals surface area contributed by atoms with Crippen LogP contribution in [0.3, 0.4) is 0 Å². The first-order chi connectivity index (χ1) is 11.8. The number of nitrogens with zero attached hydrogens (tertiary/aromatic N) is 4. The number of hydrogen-bond donors (Lipinski definition) is 2. The Hall–Kier alpha value is -2.89. The molecule has 3 aromatic rings. The second kappa shape index (κ2) is 7.59. The smallest absolute Gasteiger partial charge is 0.191 e. The number of aliphatic imine (C=N–C) groups is 1. The van der Waals surface area contributed by atoms with Gasteiger partial charge in [0.25, 0.3) is 0 Å². The van der Waals surface area contributed by atoms with Crippen LogP contribution >= 0.6 is 0 Å². The summed E-state index contributed by atoms with van der Waals surface area (Å²) in [4.78, 5) is 4.63. The third kappa shape index (κ3) is 3.90. The number of pyridine rings is 1. The average Bonchev–Trinajstić information content (AvgIpc) is 3.02. The van der Waals surface area contributed by atoms with Crippen molar-refractivity contribution < 1.29 is 0 Å². The lowest BCUT2D eigenvalue weighted by atomic mass is 10.1. The van der Waals surface area contributed by atoms with Gasteiger partial charge in [0.05, 0.1) is 13.1 Å². The summed E-state index contributed by atoms with van der Waals surface area (Å²) in [6, 6.07) is 14.3. The fraction of sp³-hybridized carbons (Fsp3) is 0.278. The van der Waals surface area contributed by atoms with Crippen LogP contribution in [0, 0.1) is 6.92 Å². The molecule has 6 heteroatoms. The number of aromatic nitrogens is 3. The zero-order chi connectivity index (χ0) is 16.8. The molecule has 6 nitrogen and oxygen atoms in total. The molecule has 1 aromatic carbocycles. The standard InChI is InChI=1S/C18H22N6/c1-3-19-18(20-12-15-9-7-14(2)8-10-15)21-13-17-23-22-16-6-4-5-11-24(16)17/h4-11H,3,12-13H2,1-2H3,(H2,19,20,21). The minimum absolute atomic E-state index is 0.560. The van der Waals surface area contributed by atoms with Gasteiger partial charge in [0.15, 0.2) is 17.4 Å². The second-order valence-corrected chi connectivity index (χ2v) is 5.58. The molecule has 0 atom stereocenters. The highest BCUT2D eigenvalue weighted by Gasteiger charge is 2.05. The molecule has 2 heterocycles. The van der Waals surface area contributed by atoms with Crippen LogP contribution in [0.1, 0.15) is 23.9 Å². The van der Waals surface area contributed by atoms with E-state index in [1.807, 2.05) is 28.8 Å². The van der Waals surface area contributed by atoms with E-state index in [0.29, 0.717) is 13.1 Å². The summed E-state index contributed by atoms with van der Waals surface area (Å²) in [7, 11) is 0. The van der Waals surface area contributed by atoms with Gasteiger partial charge in [-0.05, 0) is 31.5 Å². The molecule has 124 valence electrons. The van der Waals surface area contributed by atoms with Crippen molar-refractivity contribution >= 4 is 11.6 Å². The predicted octanol–water partition coefficient (Wildman–Crippen LogP) is 2.29. The molecule has 0 bridgehead atoms. The maximum atomic E-state index is 4.63. The summed E-state index contributed by atoms with van der Waals surface area (Å²) in [6.45, 7) is 6.14. The quantitative estimate of drug-likeness (QED) is 0.559. The minimum atomic E-state index is 0.560. The Morgan fingerprint density at radius 2 is 1.92 bits per heavy atom. The number of nitrogens with one attached hydrogen (secondary N) is 2. The lowest BCUT2D eigenvalue weighted by Crippen LogP contribution is -2.37. The SMILES string of the molecule is CCNC(=NCc1ccc(C)cc1)NCc1nnc2ccccn12. The summed E-state index contributed by atoms with van der Waals surface area (Å²) >= 11 is 0. The van der Waals surface area contributed by atoms with E-state index in [-0.39, 0.29) is 0 Å². The van der Waals surface area contributed by atoms with Crippen LogP contribution < -0.4 is 10.6 Å². The number of fused-ring (bicyclic) bond motifs is 1. The van der Waals surface area contributed by atoms with Gasteiger partial charge in [-0.2, -0.15) is 0 Å². The zero-order valence-electron chi connectivity index (χ0n) is 14.0. The summed E-state index contributed by atoms with van der Waals surface area (Å²) < 4.78 is 1.97. The van der Waals surface area contributed by atoms with Gasteiger partial charge < -0.3 is 10.6 Å². The Morgan fingerprint density at radius 3 is 2.71 bits per heavy atom. The predicted molar refractivity (Wildman–Crippen MR) is 95.8 cm³/mol. The lowest BCUT2D eigenvalue weighted by Gasteiger charge is -2.10. The van der Waals surface area contributed by atoms with E-state index < -0.39 is 0 Å². The fourth-order valence-electron chi connectivity index (χ4n) is 2.38. The van der Waals surface area contributed by atoms with Crippen molar-refractivity contribution in [3.8, 4) is 0 Å². The number of hydrogen-bond acceptors (Lipinski definition) is 3. The monoisotopic (exact) mass is 322 g/mol. The molecule has 2 N–H and O–H groups in total. The van der Waals surface area contributed by atoms with E-state index in [1.54, 1.807) is 0 Å². The van der Waals surface area contributed by atoms with Crippen molar-refractivity contribution in [2.75, 3.05) is 6.54 Å². The molecule has 0 saturated heterocycles. The normalized spacial score (nSPS) is 11.7. The van der Waals surface area contributed by atoms with Gasteiger partial charge in [-0.1, -0.05) is 35.9 Å². The van der Waals surface area contributed by atoms with Crippen LogP contribution in [-0.4, -0.2) is 27.1 Å². The summed E-state index contributed by atoms with van der Waals surface area (Å²) in [6.07, 6.45) is 1.96. The summed E-state index contributed by atoms with van der Waals surface area (Å²) in [5, 5.41) is 14.9. The van der Waals surface area contributed by atoms with Crippen molar-refractivity contribution in [1.82, 2.24) is 25.2 Å². The highest BCUT2D eigenvalue weighted by atomic mass is 15.3. The van der Waals surface area contributed by atoms with Crippen LogP contribution in [0.25, 0.3) is 5.65 Å². The molecule has 2 aromatic heterocycles. The maximum absolute atomic E-state index is 4.63. The van der Waals surface area contributed by atoms with Crippen LogP contribution in [0.15, 0.2) is 53.7 Å². The first-order valence-electron chi connectivity index (χ1n) is 8.12. The van der Waals surface area contributed by atoms with Crippen LogP contribution in [0.2, 0.25) is 0 Å². The van der Waals surface area contributed by atoms with Crippen molar-refractivity contribution in [2.24, 2.45) is 4.99 Å². The van der Waals surface area contributed by atoms with E-state index >= 15 is 0 Å². The lowest BCUT2D eigenvalue weighted by molar-refractivity contribution is 0.765. The van der Waals surface area contributed by atoms with Crippen molar-refractivity contribution in [1.29, 1.82) is 0 Å². The first-order valence-corrected chi connectivity index (χ1v) is 8.12. The number of rotatable bonds is 5. The largest absolute Gasteiger partial charge is 0.357 e. The molecule has 0 fully saturated rings. The van der Waals surface area contributed by atoms with Gasteiger partial charge in [-0.15, -0.1) is 10.2 Å². The average molecular weight is 322 g/mol. The summed E-state index contributed by atoms with van der Waals surface area (Å²) in [5.41, 5.74) is 3.29. The highest BCUT2D eigenvalue weighted by molar-refractivity contribution is 5.79. The molecule has 0 amide bonds. The molecule has 24 heavy (non-hydrogen) atoms. The third-order valence-corrected chi connectivity index (χ3v) is 3.68.